The molecule has 17 heavy (non-hydrogen) atoms. The van der Waals surface area contributed by atoms with Crippen LogP contribution in [-0.2, 0) is 13.0 Å². The summed E-state index contributed by atoms with van der Waals surface area (Å²) >= 11 is 0. The highest BCUT2D eigenvalue weighted by atomic mass is 16.1. The van der Waals surface area contributed by atoms with E-state index in [9.17, 15) is 4.79 Å². The van der Waals surface area contributed by atoms with E-state index in [0.29, 0.717) is 5.52 Å². The molecule has 1 N–H and O–H groups in total. The van der Waals surface area contributed by atoms with Crippen molar-refractivity contribution in [1.82, 2.24) is 14.8 Å². The van der Waals surface area contributed by atoms with E-state index in [-0.39, 0.29) is 5.56 Å². The number of fused-ring (bicyclic) bond motifs is 2. The lowest BCUT2D eigenvalue weighted by molar-refractivity contribution is 0.618. The van der Waals surface area contributed by atoms with Gasteiger partial charge in [0, 0.05) is 17.3 Å². The van der Waals surface area contributed by atoms with Crippen molar-refractivity contribution in [3.05, 3.63) is 40.3 Å². The van der Waals surface area contributed by atoms with Crippen LogP contribution in [0.4, 0.5) is 0 Å². The summed E-state index contributed by atoms with van der Waals surface area (Å²) in [4.78, 5) is 12.3. The van der Waals surface area contributed by atoms with Gasteiger partial charge in [-0.1, -0.05) is 18.2 Å². The molecule has 1 aliphatic rings. The van der Waals surface area contributed by atoms with Crippen LogP contribution in [0.1, 0.15) is 12.0 Å². The highest BCUT2D eigenvalue weighted by molar-refractivity contribution is 6.05. The first-order valence-corrected chi connectivity index (χ1v) is 5.84. The Morgan fingerprint density at radius 3 is 3.18 bits per heavy atom. The molecule has 0 spiro atoms. The molecule has 4 rings (SSSR count). The Balaban J connectivity index is 2.41. The van der Waals surface area contributed by atoms with Gasteiger partial charge in [-0.15, -0.1) is 0 Å². The maximum atomic E-state index is 12.3. The van der Waals surface area contributed by atoms with Crippen LogP contribution in [0.3, 0.4) is 0 Å². The van der Waals surface area contributed by atoms with Crippen molar-refractivity contribution in [1.29, 1.82) is 0 Å². The first-order valence-electron chi connectivity index (χ1n) is 5.84. The molecule has 0 aliphatic carbocycles. The van der Waals surface area contributed by atoms with Crippen LogP contribution in [0.25, 0.3) is 21.8 Å². The third-order valence-electron chi connectivity index (χ3n) is 3.61. The SMILES string of the molecule is O=c1c2[nH]ncc2c2cccc3c2n1CCC3. The van der Waals surface area contributed by atoms with E-state index in [0.717, 1.165) is 35.7 Å². The van der Waals surface area contributed by atoms with Gasteiger partial charge in [-0.3, -0.25) is 9.89 Å². The predicted molar refractivity (Wildman–Crippen MR) is 66.2 cm³/mol. The van der Waals surface area contributed by atoms with Crippen LogP contribution < -0.4 is 5.56 Å². The third kappa shape index (κ3) is 1.02. The van der Waals surface area contributed by atoms with E-state index in [1.165, 1.54) is 5.56 Å². The van der Waals surface area contributed by atoms with Crippen molar-refractivity contribution in [2.24, 2.45) is 0 Å². The zero-order chi connectivity index (χ0) is 11.4. The molecule has 0 saturated heterocycles. The molecule has 0 amide bonds. The van der Waals surface area contributed by atoms with Crippen LogP contribution in [-0.4, -0.2) is 14.8 Å². The second-order valence-electron chi connectivity index (χ2n) is 4.53. The second-order valence-corrected chi connectivity index (χ2v) is 4.53. The van der Waals surface area contributed by atoms with Gasteiger partial charge >= 0.3 is 0 Å². The Kier molecular flexibility index (Phi) is 1.57. The number of rotatable bonds is 0. The first-order chi connectivity index (χ1) is 8.36. The highest BCUT2D eigenvalue weighted by Gasteiger charge is 2.17. The van der Waals surface area contributed by atoms with Gasteiger partial charge in [-0.2, -0.15) is 5.10 Å². The molecule has 0 radical (unpaired) electrons. The summed E-state index contributed by atoms with van der Waals surface area (Å²) in [6.07, 6.45) is 3.83. The number of nitrogens with one attached hydrogen (secondary N) is 1. The molecular weight excluding hydrogens is 214 g/mol. The van der Waals surface area contributed by atoms with Gasteiger partial charge in [0.1, 0.15) is 5.52 Å². The molecule has 1 aliphatic heterocycles. The summed E-state index contributed by atoms with van der Waals surface area (Å²) in [5, 5.41) is 8.88. The summed E-state index contributed by atoms with van der Waals surface area (Å²) in [6, 6.07) is 6.24. The molecule has 2 aromatic heterocycles. The summed E-state index contributed by atoms with van der Waals surface area (Å²) in [5.41, 5.74) is 3.04. The van der Waals surface area contributed by atoms with Gasteiger partial charge in [0.2, 0.25) is 0 Å². The molecule has 3 aromatic rings. The fourth-order valence-corrected chi connectivity index (χ4v) is 2.86. The summed E-state index contributed by atoms with van der Waals surface area (Å²) in [6.45, 7) is 0.807. The topological polar surface area (TPSA) is 50.7 Å². The summed E-state index contributed by atoms with van der Waals surface area (Å²) < 4.78 is 1.88. The van der Waals surface area contributed by atoms with Crippen molar-refractivity contribution in [3.63, 3.8) is 0 Å². The molecule has 0 saturated carbocycles. The van der Waals surface area contributed by atoms with Gasteiger partial charge < -0.3 is 4.57 Å². The lowest BCUT2D eigenvalue weighted by Gasteiger charge is -2.19. The number of para-hydroxylation sites is 1. The molecule has 84 valence electrons. The van der Waals surface area contributed by atoms with Crippen molar-refractivity contribution in [2.75, 3.05) is 0 Å². The molecule has 0 atom stereocenters. The predicted octanol–water partition coefficient (Wildman–Crippen LogP) is 1.82. The number of aromatic amines is 1. The van der Waals surface area contributed by atoms with Crippen molar-refractivity contribution in [2.45, 2.75) is 19.4 Å². The quantitative estimate of drug-likeness (QED) is 0.634. The Hall–Kier alpha value is -2.10. The largest absolute Gasteiger partial charge is 0.306 e. The van der Waals surface area contributed by atoms with Crippen LogP contribution in [0.5, 0.6) is 0 Å². The zero-order valence-electron chi connectivity index (χ0n) is 9.23. The smallest absolute Gasteiger partial charge is 0.276 e. The van der Waals surface area contributed by atoms with Gasteiger partial charge in [-0.05, 0) is 18.4 Å². The second kappa shape index (κ2) is 2.97. The Bertz CT molecular complexity index is 797. The van der Waals surface area contributed by atoms with E-state index < -0.39 is 0 Å². The number of hydrogen-bond acceptors (Lipinski definition) is 2. The van der Waals surface area contributed by atoms with E-state index in [2.05, 4.69) is 28.4 Å². The number of pyridine rings is 1. The average Bonchev–Trinajstić information content (AvgIpc) is 2.85. The van der Waals surface area contributed by atoms with Crippen LogP contribution >= 0.6 is 0 Å². The molecule has 4 heteroatoms. The molecular formula is C13H11N3O. The van der Waals surface area contributed by atoms with Crippen LogP contribution in [0.15, 0.2) is 29.2 Å². The van der Waals surface area contributed by atoms with E-state index in [4.69, 9.17) is 0 Å². The molecule has 0 unspecified atom stereocenters. The molecule has 1 aromatic carbocycles. The maximum absolute atomic E-state index is 12.3. The van der Waals surface area contributed by atoms with Crippen LogP contribution in [0.2, 0.25) is 0 Å². The monoisotopic (exact) mass is 225 g/mol. The third-order valence-corrected chi connectivity index (χ3v) is 3.61. The van der Waals surface area contributed by atoms with E-state index >= 15 is 0 Å². The minimum absolute atomic E-state index is 0.0529. The Morgan fingerprint density at radius 2 is 2.24 bits per heavy atom. The fourth-order valence-electron chi connectivity index (χ4n) is 2.86. The minimum atomic E-state index is 0.0529. The molecule has 0 fully saturated rings. The highest BCUT2D eigenvalue weighted by Crippen LogP contribution is 2.27. The standard InChI is InChI=1S/C13H11N3O/c17-13-11-10(7-14-15-11)9-5-1-3-8-4-2-6-16(13)12(8)9/h1,3,5,7H,2,4,6H2,(H,14,15). The number of aryl methyl sites for hydroxylation is 2. The molecule has 4 nitrogen and oxygen atoms in total. The molecule has 0 bridgehead atoms. The summed E-state index contributed by atoms with van der Waals surface area (Å²) in [5.74, 6) is 0. The van der Waals surface area contributed by atoms with Gasteiger partial charge in [-0.25, -0.2) is 0 Å². The lowest BCUT2D eigenvalue weighted by atomic mass is 10.00. The van der Waals surface area contributed by atoms with Gasteiger partial charge in [0.05, 0.1) is 11.7 Å². The van der Waals surface area contributed by atoms with Crippen molar-refractivity contribution < 1.29 is 0 Å². The normalized spacial score (nSPS) is 14.6. The first kappa shape index (κ1) is 8.98. The zero-order valence-corrected chi connectivity index (χ0v) is 9.23. The van der Waals surface area contributed by atoms with E-state index in [1.807, 2.05) is 4.57 Å². The molecule has 3 heterocycles. The summed E-state index contributed by atoms with van der Waals surface area (Å²) in [7, 11) is 0. The maximum Gasteiger partial charge on any atom is 0.276 e. The van der Waals surface area contributed by atoms with E-state index in [1.54, 1.807) is 6.20 Å². The number of aromatic nitrogens is 3. The number of H-pyrrole nitrogens is 1. The Labute approximate surface area is 96.9 Å². The fraction of sp³-hybridized carbons (Fsp3) is 0.231. The number of nitrogens with zero attached hydrogens (tertiary/aromatic N) is 2. The van der Waals surface area contributed by atoms with Gasteiger partial charge in [0.25, 0.3) is 5.56 Å². The van der Waals surface area contributed by atoms with Crippen molar-refractivity contribution >= 4 is 21.8 Å². The van der Waals surface area contributed by atoms with Crippen molar-refractivity contribution in [3.8, 4) is 0 Å². The lowest BCUT2D eigenvalue weighted by Crippen LogP contribution is -2.24. The number of benzene rings is 1. The Morgan fingerprint density at radius 1 is 1.29 bits per heavy atom. The van der Waals surface area contributed by atoms with Crippen LogP contribution in [0, 0.1) is 0 Å². The van der Waals surface area contributed by atoms with Gasteiger partial charge in [0.15, 0.2) is 0 Å². The number of hydrogen-bond donors (Lipinski definition) is 1. The minimum Gasteiger partial charge on any atom is -0.306 e. The average molecular weight is 225 g/mol.